The molecule has 2 aromatic rings. The van der Waals surface area contributed by atoms with Crippen LogP contribution >= 0.6 is 23.2 Å². The van der Waals surface area contributed by atoms with Crippen LogP contribution in [-0.4, -0.2) is 66.3 Å². The number of nitrogens with zero attached hydrogens (tertiary/aromatic N) is 2. The second-order valence-corrected chi connectivity index (χ2v) is 8.45. The van der Waals surface area contributed by atoms with Gasteiger partial charge in [-0.05, 0) is 24.3 Å². The summed E-state index contributed by atoms with van der Waals surface area (Å²) in [7, 11) is 0. The Morgan fingerprint density at radius 3 is 2.42 bits per heavy atom. The Kier molecular flexibility index (Phi) is 7.17. The Labute approximate surface area is 201 Å². The molecule has 0 spiro atoms. The topological polar surface area (TPSA) is 91.0 Å². The SMILES string of the molecule is O=C(NCC(=O)N1CCN(C(=O)c2cc(Cl)ccc2Cl)CC1)C1C=C(c2ccccc2)ON1. The van der Waals surface area contributed by atoms with E-state index in [1.807, 2.05) is 30.3 Å². The van der Waals surface area contributed by atoms with Crippen LogP contribution in [0.3, 0.4) is 0 Å². The largest absolute Gasteiger partial charge is 0.407 e. The van der Waals surface area contributed by atoms with Crippen molar-refractivity contribution < 1.29 is 19.2 Å². The lowest BCUT2D eigenvalue weighted by Crippen LogP contribution is -2.53. The van der Waals surface area contributed by atoms with E-state index < -0.39 is 6.04 Å². The molecule has 0 radical (unpaired) electrons. The van der Waals surface area contributed by atoms with Gasteiger partial charge in [0.25, 0.3) is 5.91 Å². The van der Waals surface area contributed by atoms with Gasteiger partial charge in [0, 0.05) is 36.8 Å². The van der Waals surface area contributed by atoms with Crippen LogP contribution in [0.2, 0.25) is 10.0 Å². The lowest BCUT2D eigenvalue weighted by molar-refractivity contribution is -0.134. The molecule has 0 bridgehead atoms. The lowest BCUT2D eigenvalue weighted by atomic mass is 10.1. The number of carbonyl (C=O) groups is 3. The number of nitrogens with one attached hydrogen (secondary N) is 2. The predicted molar refractivity (Wildman–Crippen MR) is 124 cm³/mol. The molecule has 3 amide bonds. The molecule has 2 aromatic carbocycles. The van der Waals surface area contributed by atoms with Crippen LogP contribution in [0, 0.1) is 0 Å². The van der Waals surface area contributed by atoms with E-state index in [2.05, 4.69) is 10.8 Å². The second kappa shape index (κ2) is 10.2. The van der Waals surface area contributed by atoms with Gasteiger partial charge in [0.15, 0.2) is 5.76 Å². The predicted octanol–water partition coefficient (Wildman–Crippen LogP) is 2.34. The fraction of sp³-hybridized carbons (Fsp3) is 0.261. The number of amides is 3. The summed E-state index contributed by atoms with van der Waals surface area (Å²) >= 11 is 12.1. The lowest BCUT2D eigenvalue weighted by Gasteiger charge is -2.35. The molecule has 0 aliphatic carbocycles. The Morgan fingerprint density at radius 1 is 1.00 bits per heavy atom. The van der Waals surface area contributed by atoms with Crippen LogP contribution in [0.5, 0.6) is 0 Å². The maximum Gasteiger partial charge on any atom is 0.255 e. The number of piperazine rings is 1. The average molecular weight is 489 g/mol. The smallest absolute Gasteiger partial charge is 0.255 e. The number of halogens is 2. The molecule has 1 unspecified atom stereocenters. The summed E-state index contributed by atoms with van der Waals surface area (Å²) in [5, 5.41) is 3.40. The van der Waals surface area contributed by atoms with Crippen molar-refractivity contribution in [3.63, 3.8) is 0 Å². The van der Waals surface area contributed by atoms with Crippen LogP contribution < -0.4 is 10.8 Å². The summed E-state index contributed by atoms with van der Waals surface area (Å²) in [5.74, 6) is -0.250. The Bertz CT molecular complexity index is 1090. The highest BCUT2D eigenvalue weighted by molar-refractivity contribution is 6.35. The van der Waals surface area contributed by atoms with E-state index >= 15 is 0 Å². The van der Waals surface area contributed by atoms with Crippen LogP contribution in [0.25, 0.3) is 5.76 Å². The number of hydrogen-bond acceptors (Lipinski definition) is 5. The minimum atomic E-state index is -0.690. The molecule has 4 rings (SSSR count). The Hall–Kier alpha value is -3.07. The summed E-state index contributed by atoms with van der Waals surface area (Å²) < 4.78 is 0. The van der Waals surface area contributed by atoms with Gasteiger partial charge < -0.3 is 20.0 Å². The fourth-order valence-electron chi connectivity index (χ4n) is 3.61. The molecule has 1 fully saturated rings. The average Bonchev–Trinajstić information content (AvgIpc) is 3.34. The summed E-state index contributed by atoms with van der Waals surface area (Å²) in [5.41, 5.74) is 3.84. The molecule has 2 heterocycles. The first-order valence-electron chi connectivity index (χ1n) is 10.4. The van der Waals surface area contributed by atoms with E-state index in [1.165, 1.54) is 6.07 Å². The van der Waals surface area contributed by atoms with E-state index in [-0.39, 0.29) is 24.3 Å². The molecule has 8 nitrogen and oxygen atoms in total. The van der Waals surface area contributed by atoms with E-state index in [9.17, 15) is 14.4 Å². The van der Waals surface area contributed by atoms with Gasteiger partial charge in [0.2, 0.25) is 11.8 Å². The van der Waals surface area contributed by atoms with E-state index in [0.717, 1.165) is 5.56 Å². The van der Waals surface area contributed by atoms with Crippen molar-refractivity contribution in [1.29, 1.82) is 0 Å². The molecule has 2 aliphatic heterocycles. The summed E-state index contributed by atoms with van der Waals surface area (Å²) in [6.07, 6.45) is 1.67. The van der Waals surface area contributed by atoms with Crippen molar-refractivity contribution in [3.05, 3.63) is 75.8 Å². The van der Waals surface area contributed by atoms with Gasteiger partial charge in [-0.3, -0.25) is 14.4 Å². The van der Waals surface area contributed by atoms with Crippen LogP contribution in [-0.2, 0) is 14.4 Å². The van der Waals surface area contributed by atoms with Crippen molar-refractivity contribution >= 4 is 46.7 Å². The molecular weight excluding hydrogens is 467 g/mol. The van der Waals surface area contributed by atoms with Gasteiger partial charge in [0.05, 0.1) is 17.1 Å². The van der Waals surface area contributed by atoms with Crippen molar-refractivity contribution in [2.24, 2.45) is 0 Å². The third kappa shape index (κ3) is 5.47. The summed E-state index contributed by atoms with van der Waals surface area (Å²) in [6.45, 7) is 1.31. The number of rotatable bonds is 5. The zero-order valence-corrected chi connectivity index (χ0v) is 19.1. The quantitative estimate of drug-likeness (QED) is 0.673. The summed E-state index contributed by atoms with van der Waals surface area (Å²) in [6, 6.07) is 13.5. The van der Waals surface area contributed by atoms with Gasteiger partial charge >= 0.3 is 0 Å². The third-order valence-corrected chi connectivity index (χ3v) is 6.01. The van der Waals surface area contributed by atoms with Gasteiger partial charge in [0.1, 0.15) is 6.04 Å². The van der Waals surface area contributed by atoms with Crippen molar-refractivity contribution in [1.82, 2.24) is 20.6 Å². The molecule has 1 saturated heterocycles. The monoisotopic (exact) mass is 488 g/mol. The normalized spacial score (nSPS) is 17.9. The van der Waals surface area contributed by atoms with Gasteiger partial charge in [-0.15, -0.1) is 5.48 Å². The molecule has 0 saturated carbocycles. The third-order valence-electron chi connectivity index (χ3n) is 5.45. The summed E-state index contributed by atoms with van der Waals surface area (Å²) in [4.78, 5) is 46.3. The van der Waals surface area contributed by atoms with Crippen LogP contribution in [0.4, 0.5) is 0 Å². The van der Waals surface area contributed by atoms with Crippen molar-refractivity contribution in [2.75, 3.05) is 32.7 Å². The van der Waals surface area contributed by atoms with E-state index in [0.29, 0.717) is 47.5 Å². The first kappa shape index (κ1) is 23.1. The molecule has 2 N–H and O–H groups in total. The minimum absolute atomic E-state index is 0.139. The first-order valence-corrected chi connectivity index (χ1v) is 11.2. The van der Waals surface area contributed by atoms with E-state index in [1.54, 1.807) is 28.0 Å². The van der Waals surface area contributed by atoms with Crippen LogP contribution in [0.15, 0.2) is 54.6 Å². The highest BCUT2D eigenvalue weighted by atomic mass is 35.5. The number of carbonyl (C=O) groups excluding carboxylic acids is 3. The fourth-order valence-corrected chi connectivity index (χ4v) is 3.98. The van der Waals surface area contributed by atoms with Crippen LogP contribution in [0.1, 0.15) is 15.9 Å². The molecular formula is C23H22Cl2N4O4. The zero-order valence-electron chi connectivity index (χ0n) is 17.6. The zero-order chi connectivity index (χ0) is 23.4. The highest BCUT2D eigenvalue weighted by Crippen LogP contribution is 2.23. The minimum Gasteiger partial charge on any atom is -0.407 e. The Balaban J connectivity index is 1.25. The maximum absolute atomic E-state index is 12.7. The highest BCUT2D eigenvalue weighted by Gasteiger charge is 2.28. The van der Waals surface area contributed by atoms with E-state index in [4.69, 9.17) is 28.0 Å². The second-order valence-electron chi connectivity index (χ2n) is 7.61. The molecule has 10 heteroatoms. The molecule has 2 aliphatic rings. The molecule has 0 aromatic heterocycles. The maximum atomic E-state index is 12.7. The Morgan fingerprint density at radius 2 is 1.70 bits per heavy atom. The van der Waals surface area contributed by atoms with Crippen molar-refractivity contribution in [3.8, 4) is 0 Å². The number of hydroxylamine groups is 1. The number of hydrogen-bond donors (Lipinski definition) is 2. The van der Waals surface area contributed by atoms with Gasteiger partial charge in [-0.2, -0.15) is 0 Å². The molecule has 33 heavy (non-hydrogen) atoms. The molecule has 1 atom stereocenters. The van der Waals surface area contributed by atoms with Crippen molar-refractivity contribution in [2.45, 2.75) is 6.04 Å². The molecule has 172 valence electrons. The van der Waals surface area contributed by atoms with Gasteiger partial charge in [-0.1, -0.05) is 53.5 Å². The first-order chi connectivity index (χ1) is 15.9. The standard InChI is InChI=1S/C23H22Cl2N4O4/c24-16-6-7-18(25)17(12-16)23(32)29-10-8-28(9-11-29)21(30)14-26-22(31)19-13-20(33-27-19)15-4-2-1-3-5-15/h1-7,12-13,19,27H,8-11,14H2,(H,26,31). The number of benzene rings is 2. The van der Waals surface area contributed by atoms with Gasteiger partial charge in [-0.25, -0.2) is 0 Å².